The molecule has 118 valence electrons. The summed E-state index contributed by atoms with van der Waals surface area (Å²) in [6.07, 6.45) is 1.21. The number of nitro benzene ring substituents is 1. The summed E-state index contributed by atoms with van der Waals surface area (Å²) in [6, 6.07) is 3.31. The Morgan fingerprint density at radius 1 is 1.50 bits per heavy atom. The van der Waals surface area contributed by atoms with Gasteiger partial charge in [-0.05, 0) is 31.9 Å². The minimum atomic E-state index is -0.950. The molecule has 0 spiro atoms. The molecule has 1 fully saturated rings. The van der Waals surface area contributed by atoms with Crippen LogP contribution in [0.5, 0.6) is 0 Å². The quantitative estimate of drug-likeness (QED) is 0.502. The summed E-state index contributed by atoms with van der Waals surface area (Å²) in [7, 11) is 0. The van der Waals surface area contributed by atoms with Crippen LogP contribution in [0.1, 0.15) is 30.1 Å². The van der Waals surface area contributed by atoms with Crippen LogP contribution < -0.4 is 4.90 Å². The zero-order chi connectivity index (χ0) is 16.3. The molecule has 8 nitrogen and oxygen atoms in total. The molecule has 1 aromatic carbocycles. The predicted molar refractivity (Wildman–Crippen MR) is 77.1 cm³/mol. The molecule has 0 radical (unpaired) electrons. The van der Waals surface area contributed by atoms with E-state index in [0.29, 0.717) is 25.1 Å². The van der Waals surface area contributed by atoms with Gasteiger partial charge in [-0.15, -0.1) is 0 Å². The number of esters is 1. The lowest BCUT2D eigenvalue weighted by atomic mass is 10.1. The number of aliphatic carboxylic acids is 1. The van der Waals surface area contributed by atoms with E-state index in [1.807, 2.05) is 0 Å². The number of carboxylic acid groups (broad SMARTS) is 1. The monoisotopic (exact) mass is 308 g/mol. The molecule has 0 aliphatic carbocycles. The number of benzene rings is 1. The molecule has 8 heteroatoms. The summed E-state index contributed by atoms with van der Waals surface area (Å²) in [5.41, 5.74) is -0.0489. The molecule has 1 aliphatic heterocycles. The van der Waals surface area contributed by atoms with Crippen molar-refractivity contribution in [2.45, 2.75) is 25.8 Å². The number of ether oxygens (including phenoxy) is 1. The fourth-order valence-corrected chi connectivity index (χ4v) is 2.57. The molecule has 1 aromatic rings. The molecule has 0 amide bonds. The van der Waals surface area contributed by atoms with Gasteiger partial charge in [-0.2, -0.15) is 0 Å². The topological polar surface area (TPSA) is 110 Å². The molecule has 0 aromatic heterocycles. The van der Waals surface area contributed by atoms with Crippen molar-refractivity contribution in [2.24, 2.45) is 0 Å². The number of hydrogen-bond acceptors (Lipinski definition) is 6. The van der Waals surface area contributed by atoms with Crippen LogP contribution in [0.3, 0.4) is 0 Å². The number of carboxylic acids is 1. The van der Waals surface area contributed by atoms with Crippen LogP contribution >= 0.6 is 0 Å². The molecule has 0 bridgehead atoms. The maximum absolute atomic E-state index is 11.9. The predicted octanol–water partition coefficient (Wildman–Crippen LogP) is 1.82. The highest BCUT2D eigenvalue weighted by Crippen LogP contribution is 2.30. The molecule has 0 saturated carbocycles. The second-order valence-electron chi connectivity index (χ2n) is 4.87. The summed E-state index contributed by atoms with van der Waals surface area (Å²) in [6.45, 7) is 2.23. The molecule has 1 heterocycles. The number of rotatable bonds is 5. The second-order valence-corrected chi connectivity index (χ2v) is 4.87. The van der Waals surface area contributed by atoms with Gasteiger partial charge in [0.1, 0.15) is 11.6 Å². The van der Waals surface area contributed by atoms with Crippen molar-refractivity contribution in [3.63, 3.8) is 0 Å². The number of carbonyl (C=O) groups excluding carboxylic acids is 1. The van der Waals surface area contributed by atoms with Gasteiger partial charge < -0.3 is 14.7 Å². The Hall–Kier alpha value is -2.64. The molecule has 1 unspecified atom stereocenters. The van der Waals surface area contributed by atoms with E-state index in [0.717, 1.165) is 0 Å². The van der Waals surface area contributed by atoms with E-state index in [2.05, 4.69) is 0 Å². The van der Waals surface area contributed by atoms with Crippen molar-refractivity contribution in [1.82, 2.24) is 0 Å². The first-order valence-electron chi connectivity index (χ1n) is 6.90. The van der Waals surface area contributed by atoms with Gasteiger partial charge in [0.2, 0.25) is 0 Å². The average Bonchev–Trinajstić information content (AvgIpc) is 2.96. The lowest BCUT2D eigenvalue weighted by molar-refractivity contribution is -0.385. The van der Waals surface area contributed by atoms with Gasteiger partial charge in [0.15, 0.2) is 0 Å². The van der Waals surface area contributed by atoms with Crippen LogP contribution in [0, 0.1) is 10.1 Å². The first kappa shape index (κ1) is 15.7. The smallest absolute Gasteiger partial charge is 0.345 e. The Bertz CT molecular complexity index is 615. The fraction of sp³-hybridized carbons (Fsp3) is 0.429. The van der Waals surface area contributed by atoms with Crippen LogP contribution in [-0.4, -0.2) is 41.2 Å². The van der Waals surface area contributed by atoms with Gasteiger partial charge >= 0.3 is 11.9 Å². The van der Waals surface area contributed by atoms with E-state index in [1.165, 1.54) is 18.2 Å². The van der Waals surface area contributed by atoms with E-state index >= 15 is 0 Å². The van der Waals surface area contributed by atoms with Gasteiger partial charge in [0.05, 0.1) is 11.5 Å². The molecule has 1 atom stereocenters. The van der Waals surface area contributed by atoms with E-state index in [9.17, 15) is 24.8 Å². The molecule has 2 rings (SSSR count). The van der Waals surface area contributed by atoms with E-state index in [4.69, 9.17) is 4.74 Å². The number of hydrogen-bond donors (Lipinski definition) is 1. The molecule has 22 heavy (non-hydrogen) atoms. The Balaban J connectivity index is 2.42. The average molecular weight is 308 g/mol. The van der Waals surface area contributed by atoms with Crippen molar-refractivity contribution in [3.8, 4) is 0 Å². The highest BCUT2D eigenvalue weighted by atomic mass is 16.6. The molecular weight excluding hydrogens is 292 g/mol. The van der Waals surface area contributed by atoms with Crippen molar-refractivity contribution in [3.05, 3.63) is 33.9 Å². The normalized spacial score (nSPS) is 17.3. The van der Waals surface area contributed by atoms with Gasteiger partial charge in [-0.3, -0.25) is 10.1 Å². The third-order valence-corrected chi connectivity index (χ3v) is 3.54. The standard InChI is InChI=1S/C14H16N2O6/c1-2-22-14(19)10-8-9(5-6-11(10)16(20)21)15-7-3-4-12(15)13(17)18/h5-6,8,12H,2-4,7H2,1H3,(H,17,18). The minimum absolute atomic E-state index is 0.0989. The van der Waals surface area contributed by atoms with Crippen LogP contribution in [0.25, 0.3) is 0 Å². The Labute approximate surface area is 126 Å². The van der Waals surface area contributed by atoms with Gasteiger partial charge in [-0.25, -0.2) is 9.59 Å². The van der Waals surface area contributed by atoms with Crippen molar-refractivity contribution in [1.29, 1.82) is 0 Å². The van der Waals surface area contributed by atoms with E-state index < -0.39 is 22.9 Å². The summed E-state index contributed by atoms with van der Waals surface area (Å²) in [4.78, 5) is 35.1. The Morgan fingerprint density at radius 3 is 2.82 bits per heavy atom. The SMILES string of the molecule is CCOC(=O)c1cc(N2CCCC2C(=O)O)ccc1[N+](=O)[O-]. The third kappa shape index (κ3) is 3.00. The highest BCUT2D eigenvalue weighted by molar-refractivity contribution is 5.95. The van der Waals surface area contributed by atoms with Crippen molar-refractivity contribution >= 4 is 23.3 Å². The zero-order valence-corrected chi connectivity index (χ0v) is 12.0. The maximum Gasteiger partial charge on any atom is 0.345 e. The maximum atomic E-state index is 11.9. The summed E-state index contributed by atoms with van der Waals surface area (Å²) < 4.78 is 4.83. The third-order valence-electron chi connectivity index (χ3n) is 3.54. The van der Waals surface area contributed by atoms with Crippen molar-refractivity contribution < 1.29 is 24.4 Å². The largest absolute Gasteiger partial charge is 0.480 e. The van der Waals surface area contributed by atoms with E-state index in [1.54, 1.807) is 11.8 Å². The lowest BCUT2D eigenvalue weighted by Gasteiger charge is -2.23. The summed E-state index contributed by atoms with van der Waals surface area (Å²) in [5, 5.41) is 20.2. The molecular formula is C14H16N2O6. The van der Waals surface area contributed by atoms with Crippen molar-refractivity contribution in [2.75, 3.05) is 18.1 Å². The minimum Gasteiger partial charge on any atom is -0.480 e. The Kier molecular flexibility index (Phi) is 4.59. The number of nitro groups is 1. The fourth-order valence-electron chi connectivity index (χ4n) is 2.57. The molecule has 1 aliphatic rings. The number of nitrogens with zero attached hydrogens (tertiary/aromatic N) is 2. The molecule has 1 N–H and O–H groups in total. The highest BCUT2D eigenvalue weighted by Gasteiger charge is 2.32. The van der Waals surface area contributed by atoms with Crippen LogP contribution in [0.15, 0.2) is 18.2 Å². The van der Waals surface area contributed by atoms with E-state index in [-0.39, 0.29) is 17.9 Å². The van der Waals surface area contributed by atoms with Gasteiger partial charge in [-0.1, -0.05) is 0 Å². The summed E-state index contributed by atoms with van der Waals surface area (Å²) in [5.74, 6) is -1.74. The molecule has 1 saturated heterocycles. The van der Waals surface area contributed by atoms with Crippen LogP contribution in [-0.2, 0) is 9.53 Å². The number of anilines is 1. The number of carbonyl (C=O) groups is 2. The van der Waals surface area contributed by atoms with Crippen LogP contribution in [0.2, 0.25) is 0 Å². The van der Waals surface area contributed by atoms with Crippen LogP contribution in [0.4, 0.5) is 11.4 Å². The zero-order valence-electron chi connectivity index (χ0n) is 12.0. The first-order valence-corrected chi connectivity index (χ1v) is 6.90. The summed E-state index contributed by atoms with van der Waals surface area (Å²) >= 11 is 0. The first-order chi connectivity index (χ1) is 10.5. The second kappa shape index (κ2) is 6.42. The Morgan fingerprint density at radius 2 is 2.23 bits per heavy atom. The van der Waals surface area contributed by atoms with Gasteiger partial charge in [0.25, 0.3) is 5.69 Å². The lowest BCUT2D eigenvalue weighted by Crippen LogP contribution is -2.36. The van der Waals surface area contributed by atoms with Gasteiger partial charge in [0, 0.05) is 18.3 Å².